The molecule has 1 spiro atoms. The van der Waals surface area contributed by atoms with Crippen molar-refractivity contribution in [3.05, 3.63) is 65.7 Å². The van der Waals surface area contributed by atoms with Crippen molar-refractivity contribution in [2.24, 2.45) is 0 Å². The lowest BCUT2D eigenvalue weighted by atomic mass is 9.88. The Morgan fingerprint density at radius 3 is 2.48 bits per heavy atom. The third-order valence-electron chi connectivity index (χ3n) is 6.48. The zero-order valence-electron chi connectivity index (χ0n) is 18.5. The van der Waals surface area contributed by atoms with E-state index in [-0.39, 0.29) is 17.3 Å². The van der Waals surface area contributed by atoms with E-state index in [1.54, 1.807) is 6.92 Å². The Kier molecular flexibility index (Phi) is 6.54. The first-order valence-corrected chi connectivity index (χ1v) is 11.3. The third kappa shape index (κ3) is 5.23. The van der Waals surface area contributed by atoms with Gasteiger partial charge in [-0.3, -0.25) is 9.59 Å². The lowest BCUT2D eigenvalue weighted by Crippen LogP contribution is -2.61. The van der Waals surface area contributed by atoms with Crippen molar-refractivity contribution < 1.29 is 14.3 Å². The van der Waals surface area contributed by atoms with E-state index in [1.165, 1.54) is 5.56 Å². The number of morpholine rings is 1. The van der Waals surface area contributed by atoms with E-state index in [0.717, 1.165) is 50.1 Å². The number of carbonyl (C=O) groups excluding carboxylic acids is 2. The molecule has 2 fully saturated rings. The Labute approximate surface area is 185 Å². The van der Waals surface area contributed by atoms with Crippen molar-refractivity contribution >= 4 is 17.4 Å². The molecule has 164 valence electrons. The van der Waals surface area contributed by atoms with Gasteiger partial charge in [-0.15, -0.1) is 0 Å². The molecular weight excluding hydrogens is 388 g/mol. The molecule has 2 heterocycles. The molecule has 2 saturated heterocycles. The standard InChI is InChI=1S/C26H32N2O3/c1-20(29)17-23-8-6-7-22(18-23)11-14-27-15-12-26(13-16-27)19-28(25(30)21(2)31-26)24-9-4-3-5-10-24/h3-10,18,21H,11-17,19H2,1-2H3/t21-/m0/s1. The fourth-order valence-corrected chi connectivity index (χ4v) is 4.80. The molecule has 0 saturated carbocycles. The van der Waals surface area contributed by atoms with E-state index in [0.29, 0.717) is 13.0 Å². The minimum Gasteiger partial charge on any atom is -0.360 e. The minimum atomic E-state index is -0.412. The van der Waals surface area contributed by atoms with Gasteiger partial charge in [0.1, 0.15) is 11.9 Å². The number of piperidine rings is 1. The fourth-order valence-electron chi connectivity index (χ4n) is 4.80. The highest BCUT2D eigenvalue weighted by molar-refractivity contribution is 5.97. The molecule has 0 radical (unpaired) electrons. The summed E-state index contributed by atoms with van der Waals surface area (Å²) in [6, 6.07) is 18.3. The maximum atomic E-state index is 12.7. The highest BCUT2D eigenvalue weighted by Gasteiger charge is 2.45. The van der Waals surface area contributed by atoms with E-state index < -0.39 is 6.10 Å². The first-order chi connectivity index (χ1) is 14.9. The first-order valence-electron chi connectivity index (χ1n) is 11.3. The second-order valence-corrected chi connectivity index (χ2v) is 8.99. The van der Waals surface area contributed by atoms with E-state index in [4.69, 9.17) is 4.74 Å². The van der Waals surface area contributed by atoms with E-state index >= 15 is 0 Å². The molecule has 0 aromatic heterocycles. The maximum absolute atomic E-state index is 12.7. The topological polar surface area (TPSA) is 49.9 Å². The number of hydrogen-bond donors (Lipinski definition) is 0. The van der Waals surface area contributed by atoms with Crippen LogP contribution in [0, 0.1) is 0 Å². The molecule has 31 heavy (non-hydrogen) atoms. The maximum Gasteiger partial charge on any atom is 0.255 e. The zero-order chi connectivity index (χ0) is 21.8. The normalized spacial score (nSPS) is 21.4. The van der Waals surface area contributed by atoms with Gasteiger partial charge in [0.05, 0.1) is 12.1 Å². The van der Waals surface area contributed by atoms with Gasteiger partial charge in [-0.1, -0.05) is 42.5 Å². The molecule has 2 aliphatic rings. The van der Waals surface area contributed by atoms with Crippen molar-refractivity contribution in [3.8, 4) is 0 Å². The predicted octanol–water partition coefficient (Wildman–Crippen LogP) is 3.65. The van der Waals surface area contributed by atoms with Crippen LogP contribution in [0.15, 0.2) is 54.6 Å². The summed E-state index contributed by atoms with van der Waals surface area (Å²) in [7, 11) is 0. The number of benzene rings is 2. The number of rotatable bonds is 6. The summed E-state index contributed by atoms with van der Waals surface area (Å²) >= 11 is 0. The minimum absolute atomic E-state index is 0.0460. The molecule has 2 aromatic carbocycles. The van der Waals surface area contributed by atoms with E-state index in [2.05, 4.69) is 17.0 Å². The lowest BCUT2D eigenvalue weighted by Gasteiger charge is -2.49. The van der Waals surface area contributed by atoms with Gasteiger partial charge in [-0.2, -0.15) is 0 Å². The number of nitrogens with zero attached hydrogens (tertiary/aromatic N) is 2. The molecule has 5 nitrogen and oxygen atoms in total. The van der Waals surface area contributed by atoms with Crippen molar-refractivity contribution in [2.75, 3.05) is 31.1 Å². The zero-order valence-corrected chi connectivity index (χ0v) is 18.5. The van der Waals surface area contributed by atoms with Crippen LogP contribution in [-0.4, -0.2) is 54.5 Å². The molecular formula is C26H32N2O3. The smallest absolute Gasteiger partial charge is 0.255 e. The van der Waals surface area contributed by atoms with Crippen LogP contribution in [0.2, 0.25) is 0 Å². The number of ether oxygens (including phenoxy) is 1. The van der Waals surface area contributed by atoms with Crippen LogP contribution < -0.4 is 4.90 Å². The van der Waals surface area contributed by atoms with Crippen molar-refractivity contribution in [2.45, 2.75) is 51.2 Å². The number of ketones is 1. The first kappa shape index (κ1) is 21.7. The van der Waals surface area contributed by atoms with Crippen molar-refractivity contribution in [1.82, 2.24) is 4.90 Å². The summed E-state index contributed by atoms with van der Waals surface area (Å²) in [4.78, 5) is 28.5. The number of Topliss-reactive ketones (excluding diaryl/α,β-unsaturated/α-hetero) is 1. The number of para-hydroxylation sites is 1. The number of amides is 1. The van der Waals surface area contributed by atoms with E-state index in [1.807, 2.05) is 54.3 Å². The molecule has 5 heteroatoms. The Hall–Kier alpha value is -2.50. The van der Waals surface area contributed by atoms with Crippen molar-refractivity contribution in [3.63, 3.8) is 0 Å². The van der Waals surface area contributed by atoms with Crippen LogP contribution in [0.25, 0.3) is 0 Å². The molecule has 0 N–H and O–H groups in total. The molecule has 1 atom stereocenters. The number of likely N-dealkylation sites (tertiary alicyclic amines) is 1. The second-order valence-electron chi connectivity index (χ2n) is 8.99. The molecule has 4 rings (SSSR count). The molecule has 0 bridgehead atoms. The van der Waals surface area contributed by atoms with Gasteiger partial charge in [-0.25, -0.2) is 0 Å². The Morgan fingerprint density at radius 1 is 1.06 bits per heavy atom. The Morgan fingerprint density at radius 2 is 1.77 bits per heavy atom. The Balaban J connectivity index is 1.34. The van der Waals surface area contributed by atoms with Crippen LogP contribution in [0.5, 0.6) is 0 Å². The lowest BCUT2D eigenvalue weighted by molar-refractivity contribution is -0.161. The van der Waals surface area contributed by atoms with Crippen LogP contribution in [-0.2, 0) is 27.2 Å². The average Bonchev–Trinajstić information content (AvgIpc) is 2.76. The van der Waals surface area contributed by atoms with Gasteiger partial charge < -0.3 is 14.5 Å². The monoisotopic (exact) mass is 420 g/mol. The van der Waals surface area contributed by atoms with Gasteiger partial charge in [0.25, 0.3) is 5.91 Å². The van der Waals surface area contributed by atoms with Crippen LogP contribution in [0.4, 0.5) is 5.69 Å². The van der Waals surface area contributed by atoms with Gasteiger partial charge in [0.2, 0.25) is 0 Å². The summed E-state index contributed by atoms with van der Waals surface area (Å²) in [5, 5.41) is 0. The number of anilines is 1. The molecule has 0 aliphatic carbocycles. The van der Waals surface area contributed by atoms with Gasteiger partial charge in [0, 0.05) is 31.7 Å². The molecule has 1 amide bonds. The predicted molar refractivity (Wildman–Crippen MR) is 122 cm³/mol. The summed E-state index contributed by atoms with van der Waals surface area (Å²) in [5.74, 6) is 0.243. The van der Waals surface area contributed by atoms with Crippen LogP contribution in [0.1, 0.15) is 37.8 Å². The highest BCUT2D eigenvalue weighted by Crippen LogP contribution is 2.35. The summed E-state index contributed by atoms with van der Waals surface area (Å²) in [6.07, 6.45) is 2.93. The summed E-state index contributed by atoms with van der Waals surface area (Å²) < 4.78 is 6.29. The molecule has 2 aliphatic heterocycles. The highest BCUT2D eigenvalue weighted by atomic mass is 16.5. The summed E-state index contributed by atoms with van der Waals surface area (Å²) in [5.41, 5.74) is 3.07. The van der Waals surface area contributed by atoms with Gasteiger partial charge in [-0.05, 0) is 56.4 Å². The molecule has 2 aromatic rings. The number of carbonyl (C=O) groups is 2. The van der Waals surface area contributed by atoms with Crippen LogP contribution in [0.3, 0.4) is 0 Å². The van der Waals surface area contributed by atoms with Crippen LogP contribution >= 0.6 is 0 Å². The largest absolute Gasteiger partial charge is 0.360 e. The fraction of sp³-hybridized carbons (Fsp3) is 0.462. The SMILES string of the molecule is CC(=O)Cc1cccc(CCN2CCC3(CC2)CN(c2ccccc2)C(=O)[C@H](C)O3)c1. The Bertz CT molecular complexity index is 919. The van der Waals surface area contributed by atoms with E-state index in [9.17, 15) is 9.59 Å². The van der Waals surface area contributed by atoms with Gasteiger partial charge >= 0.3 is 0 Å². The number of hydrogen-bond acceptors (Lipinski definition) is 4. The average molecular weight is 421 g/mol. The van der Waals surface area contributed by atoms with Gasteiger partial charge in [0.15, 0.2) is 0 Å². The second kappa shape index (κ2) is 9.33. The summed E-state index contributed by atoms with van der Waals surface area (Å²) in [6.45, 7) is 7.07. The molecule has 0 unspecified atom stereocenters. The third-order valence-corrected chi connectivity index (χ3v) is 6.48. The van der Waals surface area contributed by atoms with Crippen molar-refractivity contribution in [1.29, 1.82) is 0 Å². The quantitative estimate of drug-likeness (QED) is 0.716.